The van der Waals surface area contributed by atoms with Gasteiger partial charge in [-0.05, 0) is 109 Å². The molecule has 0 saturated carbocycles. The molecule has 2 nitrogen and oxygen atoms in total. The van der Waals surface area contributed by atoms with Crippen molar-refractivity contribution in [3.63, 3.8) is 0 Å². The molecule has 0 bridgehead atoms. The molecule has 0 N–H and O–H groups in total. The van der Waals surface area contributed by atoms with Crippen LogP contribution in [-0.4, -0.2) is 0 Å². The van der Waals surface area contributed by atoms with E-state index in [9.17, 15) is 0 Å². The van der Waals surface area contributed by atoms with Gasteiger partial charge in [0.1, 0.15) is 11.2 Å². The normalized spacial score (nSPS) is 13.8. The Morgan fingerprint density at radius 3 is 1.50 bits per heavy atom. The molecule has 0 spiro atoms. The van der Waals surface area contributed by atoms with Gasteiger partial charge in [-0.15, -0.1) is 0 Å². The molecule has 1 aromatic heterocycles. The van der Waals surface area contributed by atoms with Gasteiger partial charge in [0, 0.05) is 27.7 Å². The molecule has 0 radical (unpaired) electrons. The van der Waals surface area contributed by atoms with Crippen molar-refractivity contribution >= 4 is 39.0 Å². The molecule has 11 aromatic rings. The lowest BCUT2D eigenvalue weighted by Crippen LogP contribution is -2.29. The standard InChI is InChI=1S/C64H45NO/c1-63(2)54-25-13-9-21-49(54)52-38-37-48(41-58(52)63)65(47-35-33-45(34-36-47)44-31-29-43(30-32-44)42-17-5-3-6-18-42)59-40-39-57(62-61(59)53-24-12-16-28-60(53)66-62)64(46-19-7-4-8-20-46)55-26-14-10-22-50(55)51-23-11-15-27-56(51)64/h3-41H,1-2H3. The van der Waals surface area contributed by atoms with Gasteiger partial charge >= 0.3 is 0 Å². The molecule has 0 fully saturated rings. The molecular weight excluding hydrogens is 799 g/mol. The van der Waals surface area contributed by atoms with Crippen LogP contribution in [0.25, 0.3) is 66.4 Å². The Labute approximate surface area is 385 Å². The van der Waals surface area contributed by atoms with Gasteiger partial charge in [-0.25, -0.2) is 0 Å². The quantitative estimate of drug-likeness (QED) is 0.159. The second-order valence-corrected chi connectivity index (χ2v) is 18.4. The molecule has 10 aromatic carbocycles. The minimum absolute atomic E-state index is 0.170. The molecule has 0 saturated heterocycles. The summed E-state index contributed by atoms with van der Waals surface area (Å²) in [6, 6.07) is 86.7. The van der Waals surface area contributed by atoms with Gasteiger partial charge in [-0.1, -0.05) is 214 Å². The Kier molecular flexibility index (Phi) is 8.51. The van der Waals surface area contributed by atoms with Crippen LogP contribution < -0.4 is 4.90 Å². The van der Waals surface area contributed by atoms with E-state index in [1.807, 2.05) is 0 Å². The molecule has 13 rings (SSSR count). The SMILES string of the molecule is CC1(C)c2ccccc2-c2ccc(N(c3ccc(-c4ccc(-c5ccccc5)cc4)cc3)c3ccc(C4(c5ccccc5)c5ccccc5-c5ccccc54)c4oc5ccccc5c34)cc21. The first-order chi connectivity index (χ1) is 32.5. The third-order valence-electron chi connectivity index (χ3n) is 14.6. The van der Waals surface area contributed by atoms with Gasteiger partial charge in [0.25, 0.3) is 0 Å². The van der Waals surface area contributed by atoms with E-state index in [4.69, 9.17) is 4.42 Å². The van der Waals surface area contributed by atoms with Crippen LogP contribution in [0.4, 0.5) is 17.1 Å². The van der Waals surface area contributed by atoms with Crippen LogP contribution in [0.3, 0.4) is 0 Å². The highest BCUT2D eigenvalue weighted by atomic mass is 16.3. The van der Waals surface area contributed by atoms with E-state index in [1.54, 1.807) is 0 Å². The van der Waals surface area contributed by atoms with Gasteiger partial charge < -0.3 is 9.32 Å². The molecular formula is C64H45NO. The van der Waals surface area contributed by atoms with Gasteiger partial charge in [0.15, 0.2) is 0 Å². The fraction of sp³-hybridized carbons (Fsp3) is 0.0625. The summed E-state index contributed by atoms with van der Waals surface area (Å²) in [5, 5.41) is 2.17. The maximum atomic E-state index is 7.28. The van der Waals surface area contributed by atoms with Crippen molar-refractivity contribution < 1.29 is 4.42 Å². The lowest BCUT2D eigenvalue weighted by Gasteiger charge is -2.35. The van der Waals surface area contributed by atoms with Crippen LogP contribution in [0.15, 0.2) is 241 Å². The van der Waals surface area contributed by atoms with Gasteiger partial charge in [-0.3, -0.25) is 0 Å². The summed E-state index contributed by atoms with van der Waals surface area (Å²) in [6.07, 6.45) is 0. The first kappa shape index (κ1) is 38.3. The zero-order chi connectivity index (χ0) is 44.0. The Morgan fingerprint density at radius 1 is 0.364 bits per heavy atom. The molecule has 66 heavy (non-hydrogen) atoms. The topological polar surface area (TPSA) is 16.4 Å². The molecule has 0 aliphatic heterocycles. The number of rotatable bonds is 7. The summed E-state index contributed by atoms with van der Waals surface area (Å²) in [6.45, 7) is 4.72. The fourth-order valence-electron chi connectivity index (χ4n) is 11.5. The number of furan rings is 1. The minimum atomic E-state index is -0.634. The van der Waals surface area contributed by atoms with E-state index in [0.717, 1.165) is 44.6 Å². The number of fused-ring (bicyclic) bond motifs is 9. The predicted molar refractivity (Wildman–Crippen MR) is 274 cm³/mol. The maximum Gasteiger partial charge on any atom is 0.142 e. The summed E-state index contributed by atoms with van der Waals surface area (Å²) in [5.41, 5.74) is 21.6. The van der Waals surface area contributed by atoms with E-state index >= 15 is 0 Å². The smallest absolute Gasteiger partial charge is 0.142 e. The summed E-state index contributed by atoms with van der Waals surface area (Å²) in [5.74, 6) is 0. The van der Waals surface area contributed by atoms with Crippen LogP contribution in [0.1, 0.15) is 47.2 Å². The van der Waals surface area contributed by atoms with E-state index in [1.165, 1.54) is 72.3 Å². The average molecular weight is 844 g/mol. The van der Waals surface area contributed by atoms with Crippen molar-refractivity contribution in [2.45, 2.75) is 24.7 Å². The van der Waals surface area contributed by atoms with Crippen molar-refractivity contribution in [1.29, 1.82) is 0 Å². The maximum absolute atomic E-state index is 7.28. The van der Waals surface area contributed by atoms with Crippen LogP contribution in [0, 0.1) is 0 Å². The number of para-hydroxylation sites is 1. The van der Waals surface area contributed by atoms with Crippen LogP contribution >= 0.6 is 0 Å². The zero-order valence-electron chi connectivity index (χ0n) is 36.9. The molecule has 2 aliphatic rings. The molecule has 0 amide bonds. The summed E-state index contributed by atoms with van der Waals surface area (Å²) < 4.78 is 7.28. The highest BCUT2D eigenvalue weighted by Gasteiger charge is 2.48. The van der Waals surface area contributed by atoms with Crippen molar-refractivity contribution in [1.82, 2.24) is 0 Å². The minimum Gasteiger partial charge on any atom is -0.456 e. The lowest BCUT2D eigenvalue weighted by molar-refractivity contribution is 0.648. The van der Waals surface area contributed by atoms with E-state index in [2.05, 4.69) is 255 Å². The first-order valence-corrected chi connectivity index (χ1v) is 23.0. The molecule has 2 heteroatoms. The third kappa shape index (κ3) is 5.55. The van der Waals surface area contributed by atoms with Crippen molar-refractivity contribution in [2.75, 3.05) is 4.90 Å². The van der Waals surface area contributed by atoms with Crippen molar-refractivity contribution in [3.8, 4) is 44.5 Å². The Morgan fingerprint density at radius 2 is 0.848 bits per heavy atom. The molecule has 1 heterocycles. The van der Waals surface area contributed by atoms with Gasteiger partial charge in [0.05, 0.1) is 16.5 Å². The van der Waals surface area contributed by atoms with Crippen LogP contribution in [0.5, 0.6) is 0 Å². The Hall–Kier alpha value is -8.20. The van der Waals surface area contributed by atoms with Crippen molar-refractivity contribution in [3.05, 3.63) is 270 Å². The number of nitrogens with zero attached hydrogens (tertiary/aromatic N) is 1. The summed E-state index contributed by atoms with van der Waals surface area (Å²) in [4.78, 5) is 2.46. The second-order valence-electron chi connectivity index (χ2n) is 18.4. The second kappa shape index (κ2) is 14.7. The molecule has 2 aliphatic carbocycles. The highest BCUT2D eigenvalue weighted by molar-refractivity contribution is 6.15. The molecule has 0 unspecified atom stereocenters. The Bertz CT molecular complexity index is 3610. The average Bonchev–Trinajstić information content (AvgIpc) is 3.99. The highest BCUT2D eigenvalue weighted by Crippen LogP contribution is 2.59. The number of hydrogen-bond acceptors (Lipinski definition) is 2. The largest absolute Gasteiger partial charge is 0.456 e. The zero-order valence-corrected chi connectivity index (χ0v) is 36.9. The summed E-state index contributed by atoms with van der Waals surface area (Å²) in [7, 11) is 0. The number of hydrogen-bond donors (Lipinski definition) is 0. The van der Waals surface area contributed by atoms with E-state index < -0.39 is 5.41 Å². The fourth-order valence-corrected chi connectivity index (χ4v) is 11.5. The van der Waals surface area contributed by atoms with Crippen LogP contribution in [-0.2, 0) is 10.8 Å². The third-order valence-corrected chi connectivity index (χ3v) is 14.6. The van der Waals surface area contributed by atoms with Crippen molar-refractivity contribution in [2.24, 2.45) is 0 Å². The number of anilines is 3. The van der Waals surface area contributed by atoms with Gasteiger partial charge in [0.2, 0.25) is 0 Å². The van der Waals surface area contributed by atoms with E-state index in [-0.39, 0.29) is 5.41 Å². The monoisotopic (exact) mass is 843 g/mol. The molecule has 0 atom stereocenters. The predicted octanol–water partition coefficient (Wildman–Crippen LogP) is 17.1. The van der Waals surface area contributed by atoms with Crippen LogP contribution in [0.2, 0.25) is 0 Å². The Balaban J connectivity index is 1.05. The van der Waals surface area contributed by atoms with Gasteiger partial charge in [-0.2, -0.15) is 0 Å². The first-order valence-electron chi connectivity index (χ1n) is 23.0. The molecule has 312 valence electrons. The lowest BCUT2D eigenvalue weighted by atomic mass is 9.67. The summed E-state index contributed by atoms with van der Waals surface area (Å²) >= 11 is 0. The number of benzene rings is 10. The van der Waals surface area contributed by atoms with E-state index in [0.29, 0.717) is 0 Å².